The van der Waals surface area contributed by atoms with E-state index in [0.29, 0.717) is 6.54 Å². The maximum atomic E-state index is 5.61. The van der Waals surface area contributed by atoms with Crippen molar-refractivity contribution in [2.24, 2.45) is 4.99 Å². The SMILES string of the molecule is CCc1nc(C)c(CNC2=NCCN2C)o1. The van der Waals surface area contributed by atoms with Gasteiger partial charge in [-0.3, -0.25) is 4.99 Å². The molecular formula is C11H18N4O. The normalized spacial score (nSPS) is 15.4. The molecule has 0 spiro atoms. The molecule has 5 nitrogen and oxygen atoms in total. The summed E-state index contributed by atoms with van der Waals surface area (Å²) < 4.78 is 5.61. The highest BCUT2D eigenvalue weighted by Gasteiger charge is 2.14. The van der Waals surface area contributed by atoms with Crippen LogP contribution in [0.15, 0.2) is 9.41 Å². The Labute approximate surface area is 95.6 Å². The van der Waals surface area contributed by atoms with Crippen LogP contribution in [0.3, 0.4) is 0 Å². The summed E-state index contributed by atoms with van der Waals surface area (Å²) in [6, 6.07) is 0. The Balaban J connectivity index is 1.96. The molecule has 1 aliphatic heterocycles. The van der Waals surface area contributed by atoms with Gasteiger partial charge in [-0.25, -0.2) is 4.98 Å². The molecule has 1 aromatic rings. The third-order valence-corrected chi connectivity index (χ3v) is 2.71. The number of rotatable bonds is 3. The molecule has 1 aliphatic rings. The lowest BCUT2D eigenvalue weighted by Crippen LogP contribution is -2.35. The van der Waals surface area contributed by atoms with E-state index in [-0.39, 0.29) is 0 Å². The van der Waals surface area contributed by atoms with E-state index in [9.17, 15) is 0 Å². The van der Waals surface area contributed by atoms with Crippen LogP contribution in [-0.2, 0) is 13.0 Å². The first kappa shape index (κ1) is 11.0. The van der Waals surface area contributed by atoms with Gasteiger partial charge in [-0.05, 0) is 6.92 Å². The highest BCUT2D eigenvalue weighted by molar-refractivity contribution is 5.81. The zero-order chi connectivity index (χ0) is 11.5. The van der Waals surface area contributed by atoms with Crippen molar-refractivity contribution in [2.75, 3.05) is 20.1 Å². The number of aryl methyl sites for hydroxylation is 2. The molecule has 2 heterocycles. The van der Waals surface area contributed by atoms with Crippen molar-refractivity contribution >= 4 is 5.96 Å². The van der Waals surface area contributed by atoms with Gasteiger partial charge in [0.25, 0.3) is 0 Å². The minimum atomic E-state index is 0.655. The van der Waals surface area contributed by atoms with Crippen LogP contribution in [0, 0.1) is 6.92 Å². The van der Waals surface area contributed by atoms with E-state index in [1.54, 1.807) is 0 Å². The first-order valence-corrected chi connectivity index (χ1v) is 5.65. The second-order valence-corrected chi connectivity index (χ2v) is 3.95. The van der Waals surface area contributed by atoms with E-state index in [4.69, 9.17) is 4.42 Å². The number of nitrogens with one attached hydrogen (secondary N) is 1. The molecule has 1 N–H and O–H groups in total. The quantitative estimate of drug-likeness (QED) is 0.827. The second kappa shape index (κ2) is 4.55. The van der Waals surface area contributed by atoms with Gasteiger partial charge >= 0.3 is 0 Å². The van der Waals surface area contributed by atoms with E-state index in [2.05, 4.69) is 20.2 Å². The molecule has 5 heteroatoms. The van der Waals surface area contributed by atoms with Gasteiger partial charge in [0.05, 0.1) is 18.8 Å². The van der Waals surface area contributed by atoms with Gasteiger partial charge in [0, 0.05) is 20.0 Å². The predicted octanol–water partition coefficient (Wildman–Crippen LogP) is 0.936. The summed E-state index contributed by atoms with van der Waals surface area (Å²) in [5.41, 5.74) is 0.964. The Kier molecular flexibility index (Phi) is 3.12. The molecule has 16 heavy (non-hydrogen) atoms. The fraction of sp³-hybridized carbons (Fsp3) is 0.636. The largest absolute Gasteiger partial charge is 0.444 e. The molecule has 1 aromatic heterocycles. The Bertz CT molecular complexity index is 397. The van der Waals surface area contributed by atoms with Crippen molar-refractivity contribution in [1.29, 1.82) is 0 Å². The van der Waals surface area contributed by atoms with E-state index in [0.717, 1.165) is 42.8 Å². The van der Waals surface area contributed by atoms with Crippen molar-refractivity contribution < 1.29 is 4.42 Å². The van der Waals surface area contributed by atoms with Crippen molar-refractivity contribution in [2.45, 2.75) is 26.8 Å². The van der Waals surface area contributed by atoms with Gasteiger partial charge in [-0.1, -0.05) is 6.92 Å². The van der Waals surface area contributed by atoms with Crippen LogP contribution in [0.5, 0.6) is 0 Å². The van der Waals surface area contributed by atoms with Gasteiger partial charge in [0.1, 0.15) is 5.76 Å². The van der Waals surface area contributed by atoms with Crippen LogP contribution in [-0.4, -0.2) is 36.0 Å². The van der Waals surface area contributed by atoms with Crippen LogP contribution < -0.4 is 5.32 Å². The number of nitrogens with zero attached hydrogens (tertiary/aromatic N) is 3. The molecule has 0 fully saturated rings. The number of aromatic nitrogens is 1. The molecule has 0 saturated heterocycles. The summed E-state index contributed by atoms with van der Waals surface area (Å²) in [5, 5.41) is 3.27. The first-order chi connectivity index (χ1) is 7.70. The number of hydrogen-bond acceptors (Lipinski definition) is 5. The summed E-state index contributed by atoms with van der Waals surface area (Å²) in [7, 11) is 2.03. The van der Waals surface area contributed by atoms with Crippen molar-refractivity contribution in [1.82, 2.24) is 15.2 Å². The molecule has 0 amide bonds. The lowest BCUT2D eigenvalue weighted by molar-refractivity contribution is 0.448. The van der Waals surface area contributed by atoms with Crippen molar-refractivity contribution in [3.8, 4) is 0 Å². The molecule has 0 radical (unpaired) electrons. The molecule has 0 aromatic carbocycles. The van der Waals surface area contributed by atoms with E-state index in [1.807, 2.05) is 20.9 Å². The van der Waals surface area contributed by atoms with Gasteiger partial charge in [0.2, 0.25) is 0 Å². The average Bonchev–Trinajstić information content (AvgIpc) is 2.82. The number of guanidine groups is 1. The molecule has 0 aliphatic carbocycles. The van der Waals surface area contributed by atoms with Gasteiger partial charge in [-0.2, -0.15) is 0 Å². The first-order valence-electron chi connectivity index (χ1n) is 5.65. The summed E-state index contributed by atoms with van der Waals surface area (Å²) in [4.78, 5) is 10.8. The highest BCUT2D eigenvalue weighted by atomic mass is 16.4. The minimum Gasteiger partial charge on any atom is -0.444 e. The van der Waals surface area contributed by atoms with Gasteiger partial charge in [-0.15, -0.1) is 0 Å². The molecule has 0 atom stereocenters. The van der Waals surface area contributed by atoms with E-state index >= 15 is 0 Å². The van der Waals surface area contributed by atoms with Crippen LogP contribution >= 0.6 is 0 Å². The monoisotopic (exact) mass is 222 g/mol. The third-order valence-electron chi connectivity index (χ3n) is 2.71. The van der Waals surface area contributed by atoms with Gasteiger partial charge in [0.15, 0.2) is 11.9 Å². The van der Waals surface area contributed by atoms with Crippen molar-refractivity contribution in [3.05, 3.63) is 17.3 Å². The topological polar surface area (TPSA) is 53.7 Å². The second-order valence-electron chi connectivity index (χ2n) is 3.95. The molecule has 0 bridgehead atoms. The lowest BCUT2D eigenvalue weighted by atomic mass is 10.4. The van der Waals surface area contributed by atoms with Gasteiger partial charge < -0.3 is 14.6 Å². The number of aliphatic imine (C=N–C) groups is 1. The lowest BCUT2D eigenvalue weighted by Gasteiger charge is -2.14. The zero-order valence-corrected chi connectivity index (χ0v) is 10.1. The summed E-state index contributed by atoms with van der Waals surface area (Å²) in [6.07, 6.45) is 0.835. The molecule has 88 valence electrons. The average molecular weight is 222 g/mol. The zero-order valence-electron chi connectivity index (χ0n) is 10.1. The van der Waals surface area contributed by atoms with E-state index in [1.165, 1.54) is 0 Å². The molecule has 0 saturated carbocycles. The molecular weight excluding hydrogens is 204 g/mol. The number of likely N-dealkylation sites (N-methyl/N-ethyl adjacent to an activating group) is 1. The number of hydrogen-bond donors (Lipinski definition) is 1. The van der Waals surface area contributed by atoms with Crippen LogP contribution in [0.1, 0.15) is 24.3 Å². The fourth-order valence-corrected chi connectivity index (χ4v) is 1.69. The Hall–Kier alpha value is -1.52. The Morgan fingerprint density at radius 1 is 1.50 bits per heavy atom. The summed E-state index contributed by atoms with van der Waals surface area (Å²) in [6.45, 7) is 6.52. The minimum absolute atomic E-state index is 0.655. The number of oxazole rings is 1. The third kappa shape index (κ3) is 2.18. The summed E-state index contributed by atoms with van der Waals surface area (Å²) in [5.74, 6) is 2.64. The smallest absolute Gasteiger partial charge is 0.194 e. The molecule has 2 rings (SSSR count). The maximum Gasteiger partial charge on any atom is 0.194 e. The van der Waals surface area contributed by atoms with Crippen molar-refractivity contribution in [3.63, 3.8) is 0 Å². The highest BCUT2D eigenvalue weighted by Crippen LogP contribution is 2.10. The van der Waals surface area contributed by atoms with Crippen LogP contribution in [0.2, 0.25) is 0 Å². The van der Waals surface area contributed by atoms with Crippen LogP contribution in [0.25, 0.3) is 0 Å². The van der Waals surface area contributed by atoms with Crippen LogP contribution in [0.4, 0.5) is 0 Å². The fourth-order valence-electron chi connectivity index (χ4n) is 1.69. The standard InChI is InChI=1S/C11H18N4O/c1-4-10-14-8(2)9(16-10)7-13-11-12-5-6-15(11)3/h4-7H2,1-3H3,(H,12,13). The Morgan fingerprint density at radius 3 is 2.88 bits per heavy atom. The predicted molar refractivity (Wildman–Crippen MR) is 62.4 cm³/mol. The Morgan fingerprint density at radius 2 is 2.31 bits per heavy atom. The summed E-state index contributed by atoms with van der Waals surface area (Å²) >= 11 is 0. The van der Waals surface area contributed by atoms with E-state index < -0.39 is 0 Å². The maximum absolute atomic E-state index is 5.61. The molecule has 0 unspecified atom stereocenters.